The summed E-state index contributed by atoms with van der Waals surface area (Å²) in [7, 11) is 1.54. The van der Waals surface area contributed by atoms with Crippen LogP contribution in [0.4, 0.5) is 0 Å². The Bertz CT molecular complexity index is 541. The van der Waals surface area contributed by atoms with Crippen LogP contribution in [0.3, 0.4) is 0 Å². The Labute approximate surface area is 146 Å². The molecule has 0 heterocycles. The van der Waals surface area contributed by atoms with Crippen LogP contribution in [0.1, 0.15) is 72.1 Å². The number of esters is 1. The quantitative estimate of drug-likeness (QED) is 0.732. The fourth-order valence-corrected chi connectivity index (χ4v) is 8.09. The van der Waals surface area contributed by atoms with Gasteiger partial charge in [-0.25, -0.2) is 0 Å². The molecule has 4 saturated carbocycles. The van der Waals surface area contributed by atoms with E-state index in [0.29, 0.717) is 22.7 Å². The maximum absolute atomic E-state index is 12.3. The zero-order valence-corrected chi connectivity index (χ0v) is 15.8. The number of aliphatic hydroxyl groups excluding tert-OH is 1. The summed E-state index contributed by atoms with van der Waals surface area (Å²) in [6, 6.07) is 0. The monoisotopic (exact) mass is 334 g/mol. The van der Waals surface area contributed by atoms with Gasteiger partial charge in [-0.3, -0.25) is 4.79 Å². The number of hydrogen-bond donors (Lipinski definition) is 1. The van der Waals surface area contributed by atoms with E-state index < -0.39 is 0 Å². The Morgan fingerprint density at radius 1 is 1.00 bits per heavy atom. The number of aliphatic hydroxyl groups is 1. The molecule has 0 amide bonds. The van der Waals surface area contributed by atoms with E-state index in [1.807, 2.05) is 0 Å². The average Bonchev–Trinajstić information content (AvgIpc) is 2.81. The van der Waals surface area contributed by atoms with E-state index in [1.54, 1.807) is 7.11 Å². The lowest BCUT2D eigenvalue weighted by Crippen LogP contribution is -2.59. The van der Waals surface area contributed by atoms with E-state index in [4.69, 9.17) is 4.74 Å². The number of rotatable bonds is 1. The van der Waals surface area contributed by atoms with E-state index in [0.717, 1.165) is 25.2 Å². The molecular formula is C21H34O3. The van der Waals surface area contributed by atoms with Crippen molar-refractivity contribution < 1.29 is 14.6 Å². The predicted octanol–water partition coefficient (Wildman–Crippen LogP) is 4.18. The largest absolute Gasteiger partial charge is 0.469 e. The number of fused-ring (bicyclic) bond motifs is 3. The number of methoxy groups -OCH3 is 1. The van der Waals surface area contributed by atoms with Crippen LogP contribution < -0.4 is 0 Å². The molecule has 4 fully saturated rings. The van der Waals surface area contributed by atoms with Gasteiger partial charge in [-0.1, -0.05) is 20.8 Å². The van der Waals surface area contributed by atoms with Crippen LogP contribution in [-0.4, -0.2) is 24.3 Å². The minimum atomic E-state index is -0.160. The lowest BCUT2D eigenvalue weighted by Gasteiger charge is -2.64. The van der Waals surface area contributed by atoms with Gasteiger partial charge >= 0.3 is 5.97 Å². The average molecular weight is 335 g/mol. The molecule has 7 atom stereocenters. The lowest BCUT2D eigenvalue weighted by molar-refractivity contribution is -0.180. The van der Waals surface area contributed by atoms with Crippen LogP contribution in [0.5, 0.6) is 0 Å². The van der Waals surface area contributed by atoms with E-state index in [1.165, 1.54) is 32.1 Å². The van der Waals surface area contributed by atoms with Gasteiger partial charge in [0.2, 0.25) is 0 Å². The van der Waals surface area contributed by atoms with Gasteiger partial charge < -0.3 is 9.84 Å². The zero-order valence-electron chi connectivity index (χ0n) is 15.8. The van der Waals surface area contributed by atoms with E-state index in [9.17, 15) is 9.90 Å². The van der Waals surface area contributed by atoms with Crippen molar-refractivity contribution in [2.75, 3.05) is 7.11 Å². The number of carbonyl (C=O) groups excluding carboxylic acids is 1. The van der Waals surface area contributed by atoms with Gasteiger partial charge in [-0.15, -0.1) is 0 Å². The van der Waals surface area contributed by atoms with Crippen LogP contribution in [0.15, 0.2) is 0 Å². The molecule has 3 heteroatoms. The molecule has 0 aliphatic heterocycles. The van der Waals surface area contributed by atoms with Gasteiger partial charge in [0.05, 0.1) is 19.1 Å². The highest BCUT2D eigenvalue weighted by atomic mass is 16.5. The molecule has 24 heavy (non-hydrogen) atoms. The van der Waals surface area contributed by atoms with Crippen molar-refractivity contribution in [3.63, 3.8) is 0 Å². The van der Waals surface area contributed by atoms with Gasteiger partial charge in [0.15, 0.2) is 0 Å². The second-order valence-corrected chi connectivity index (χ2v) is 10.3. The van der Waals surface area contributed by atoms with Gasteiger partial charge in [0.1, 0.15) is 0 Å². The van der Waals surface area contributed by atoms with Crippen molar-refractivity contribution in [2.45, 2.75) is 78.2 Å². The molecule has 0 aromatic rings. The third-order valence-electron chi connectivity index (χ3n) is 9.17. The molecule has 4 rings (SSSR count). The van der Waals surface area contributed by atoms with E-state index in [2.05, 4.69) is 20.8 Å². The molecule has 0 radical (unpaired) electrons. The Hall–Kier alpha value is -0.570. The number of hydrogen-bond acceptors (Lipinski definition) is 3. The van der Waals surface area contributed by atoms with Crippen molar-refractivity contribution in [1.29, 1.82) is 0 Å². The van der Waals surface area contributed by atoms with Crippen molar-refractivity contribution in [3.05, 3.63) is 0 Å². The minimum Gasteiger partial charge on any atom is -0.469 e. The van der Waals surface area contributed by atoms with Gasteiger partial charge in [-0.2, -0.15) is 0 Å². The summed E-state index contributed by atoms with van der Waals surface area (Å²) in [6.07, 6.45) is 9.17. The second-order valence-electron chi connectivity index (χ2n) is 10.3. The Balaban J connectivity index is 1.67. The highest BCUT2D eigenvalue weighted by molar-refractivity contribution is 5.73. The fourth-order valence-electron chi connectivity index (χ4n) is 8.09. The topological polar surface area (TPSA) is 46.5 Å². The molecule has 136 valence electrons. The SMILES string of the molecule is COC(=O)[C@@H]1C[C@@]23CC[C@@H]4C(C)(C)[C@H](O)CC[C@@]4(C)[C@@H]2CC[C@H]1C3. The summed E-state index contributed by atoms with van der Waals surface area (Å²) in [5.74, 6) is 2.06. The molecule has 0 aromatic heterocycles. The first-order valence-electron chi connectivity index (χ1n) is 10.0. The van der Waals surface area contributed by atoms with Crippen LogP contribution >= 0.6 is 0 Å². The third kappa shape index (κ3) is 2.03. The standard InChI is InChI=1S/C21H34O3/c1-19(2)15-7-10-21-11-13(14(12-21)18(23)24-4)5-6-16(21)20(15,3)9-8-17(19)22/h13-17,22H,5-12H2,1-4H3/t13-,14+,15+,16-,17+,20+,21-/m0/s1. The summed E-state index contributed by atoms with van der Waals surface area (Å²) >= 11 is 0. The summed E-state index contributed by atoms with van der Waals surface area (Å²) in [5, 5.41) is 10.6. The molecule has 0 saturated heterocycles. The Morgan fingerprint density at radius 2 is 1.75 bits per heavy atom. The Morgan fingerprint density at radius 3 is 2.46 bits per heavy atom. The molecular weight excluding hydrogens is 300 g/mol. The van der Waals surface area contributed by atoms with Crippen molar-refractivity contribution in [2.24, 2.45) is 39.9 Å². The molecule has 4 aliphatic rings. The zero-order chi connectivity index (χ0) is 17.3. The molecule has 0 unspecified atom stereocenters. The van der Waals surface area contributed by atoms with E-state index >= 15 is 0 Å². The molecule has 1 spiro atoms. The highest BCUT2D eigenvalue weighted by Crippen LogP contribution is 2.72. The molecule has 2 bridgehead atoms. The second kappa shape index (κ2) is 5.22. The highest BCUT2D eigenvalue weighted by Gasteiger charge is 2.65. The summed E-state index contributed by atoms with van der Waals surface area (Å²) in [4.78, 5) is 12.3. The van der Waals surface area contributed by atoms with Crippen LogP contribution in [-0.2, 0) is 9.53 Å². The Kier molecular flexibility index (Phi) is 3.67. The van der Waals surface area contributed by atoms with Crippen molar-refractivity contribution in [3.8, 4) is 0 Å². The first kappa shape index (κ1) is 16.9. The molecule has 1 N–H and O–H groups in total. The summed E-state index contributed by atoms with van der Waals surface area (Å²) in [5.41, 5.74) is 0.716. The van der Waals surface area contributed by atoms with Crippen molar-refractivity contribution >= 4 is 5.97 Å². The van der Waals surface area contributed by atoms with Crippen LogP contribution in [0, 0.1) is 39.9 Å². The fraction of sp³-hybridized carbons (Fsp3) is 0.952. The summed E-state index contributed by atoms with van der Waals surface area (Å²) < 4.78 is 5.13. The lowest BCUT2D eigenvalue weighted by atomic mass is 9.41. The van der Waals surface area contributed by atoms with Crippen LogP contribution in [0.2, 0.25) is 0 Å². The van der Waals surface area contributed by atoms with Gasteiger partial charge in [0.25, 0.3) is 0 Å². The van der Waals surface area contributed by atoms with Gasteiger partial charge in [0, 0.05) is 0 Å². The molecule has 0 aromatic carbocycles. The first-order chi connectivity index (χ1) is 11.2. The van der Waals surface area contributed by atoms with E-state index in [-0.39, 0.29) is 23.4 Å². The van der Waals surface area contributed by atoms with Crippen molar-refractivity contribution in [1.82, 2.24) is 0 Å². The molecule has 3 nitrogen and oxygen atoms in total. The summed E-state index contributed by atoms with van der Waals surface area (Å²) in [6.45, 7) is 7.09. The number of carbonyl (C=O) groups is 1. The molecule has 4 aliphatic carbocycles. The van der Waals surface area contributed by atoms with Crippen LogP contribution in [0.25, 0.3) is 0 Å². The normalized spacial score (nSPS) is 52.3. The first-order valence-corrected chi connectivity index (χ1v) is 10.0. The predicted molar refractivity (Wildman–Crippen MR) is 93.2 cm³/mol. The maximum atomic E-state index is 12.3. The smallest absolute Gasteiger partial charge is 0.308 e. The maximum Gasteiger partial charge on any atom is 0.308 e. The number of ether oxygens (including phenoxy) is 1. The minimum absolute atomic E-state index is 0.0197. The third-order valence-corrected chi connectivity index (χ3v) is 9.17. The van der Waals surface area contributed by atoms with Gasteiger partial charge in [-0.05, 0) is 85.4 Å².